The summed E-state index contributed by atoms with van der Waals surface area (Å²) >= 11 is 2.04. The third kappa shape index (κ3) is 2.87. The minimum Gasteiger partial charge on any atom is -0.352 e. The standard InChI is InChI=1S/C23H26N2OS/c1-16-5-10-21-20(15-16)22(3,4)23(25(21)13-14-27-23)12-11-18-6-8-19(9-7-18)24-17(2)26/h5-12,15H,13-14H2,1-4H3,(H,24,26)/b12-11+. The number of amides is 1. The van der Waals surface area contributed by atoms with Crippen molar-refractivity contribution in [2.24, 2.45) is 0 Å². The van der Waals surface area contributed by atoms with Gasteiger partial charge < -0.3 is 10.2 Å². The van der Waals surface area contributed by atoms with Crippen molar-refractivity contribution >= 4 is 35.1 Å². The van der Waals surface area contributed by atoms with Gasteiger partial charge in [-0.3, -0.25) is 4.79 Å². The molecule has 0 aliphatic carbocycles. The Morgan fingerprint density at radius 2 is 1.93 bits per heavy atom. The number of nitrogens with zero attached hydrogens (tertiary/aromatic N) is 1. The number of nitrogens with one attached hydrogen (secondary N) is 1. The zero-order chi connectivity index (χ0) is 19.2. The van der Waals surface area contributed by atoms with Crippen LogP contribution in [-0.4, -0.2) is 23.1 Å². The molecule has 0 spiro atoms. The van der Waals surface area contributed by atoms with E-state index in [4.69, 9.17) is 0 Å². The highest BCUT2D eigenvalue weighted by Gasteiger charge is 2.58. The maximum Gasteiger partial charge on any atom is 0.221 e. The van der Waals surface area contributed by atoms with Crippen LogP contribution >= 0.6 is 11.8 Å². The van der Waals surface area contributed by atoms with Gasteiger partial charge in [0.1, 0.15) is 4.87 Å². The lowest BCUT2D eigenvalue weighted by molar-refractivity contribution is -0.114. The van der Waals surface area contributed by atoms with Gasteiger partial charge >= 0.3 is 0 Å². The first-order chi connectivity index (χ1) is 12.8. The van der Waals surface area contributed by atoms with Crippen molar-refractivity contribution in [3.63, 3.8) is 0 Å². The summed E-state index contributed by atoms with van der Waals surface area (Å²) in [4.78, 5) is 13.7. The third-order valence-corrected chi connectivity index (χ3v) is 7.48. The summed E-state index contributed by atoms with van der Waals surface area (Å²) in [7, 11) is 0. The van der Waals surface area contributed by atoms with E-state index in [-0.39, 0.29) is 16.2 Å². The number of rotatable bonds is 3. The molecule has 1 unspecified atom stereocenters. The minimum atomic E-state index is -0.0561. The molecule has 1 saturated heterocycles. The normalized spacial score (nSPS) is 22.7. The van der Waals surface area contributed by atoms with Crippen LogP contribution in [0.1, 0.15) is 37.5 Å². The Kier molecular flexibility index (Phi) is 4.34. The van der Waals surface area contributed by atoms with E-state index in [1.165, 1.54) is 23.7 Å². The molecule has 140 valence electrons. The molecule has 0 bridgehead atoms. The Morgan fingerprint density at radius 1 is 1.19 bits per heavy atom. The second kappa shape index (κ2) is 6.45. The summed E-state index contributed by atoms with van der Waals surface area (Å²) in [5, 5.41) is 2.82. The minimum absolute atomic E-state index is 0.0299. The second-order valence-electron chi connectivity index (χ2n) is 7.98. The van der Waals surface area contributed by atoms with E-state index < -0.39 is 0 Å². The smallest absolute Gasteiger partial charge is 0.221 e. The fraction of sp³-hybridized carbons (Fsp3) is 0.348. The number of thioether (sulfide) groups is 1. The molecule has 2 aliphatic rings. The van der Waals surface area contributed by atoms with Crippen molar-refractivity contribution in [1.82, 2.24) is 0 Å². The van der Waals surface area contributed by atoms with Crippen molar-refractivity contribution in [1.29, 1.82) is 0 Å². The predicted molar refractivity (Wildman–Crippen MR) is 117 cm³/mol. The molecule has 27 heavy (non-hydrogen) atoms. The number of hydrogen-bond donors (Lipinski definition) is 1. The van der Waals surface area contributed by atoms with Crippen molar-refractivity contribution in [2.45, 2.75) is 38.0 Å². The summed E-state index contributed by atoms with van der Waals surface area (Å²) in [5.41, 5.74) is 6.15. The second-order valence-corrected chi connectivity index (χ2v) is 9.30. The molecule has 2 heterocycles. The molecule has 1 N–H and O–H groups in total. The Labute approximate surface area is 165 Å². The number of fused-ring (bicyclic) bond motifs is 3. The van der Waals surface area contributed by atoms with Crippen LogP contribution in [0, 0.1) is 6.92 Å². The number of benzene rings is 2. The number of carbonyl (C=O) groups excluding carboxylic acids is 1. The molecule has 2 aliphatic heterocycles. The van der Waals surface area contributed by atoms with Gasteiger partial charge in [-0.25, -0.2) is 0 Å². The maximum absolute atomic E-state index is 11.2. The highest BCUT2D eigenvalue weighted by Crippen LogP contribution is 2.60. The maximum atomic E-state index is 11.2. The Bertz CT molecular complexity index is 916. The lowest BCUT2D eigenvalue weighted by atomic mass is 9.79. The lowest BCUT2D eigenvalue weighted by Crippen LogP contribution is -2.48. The molecule has 4 rings (SSSR count). The molecule has 0 saturated carbocycles. The topological polar surface area (TPSA) is 32.3 Å². The molecule has 1 amide bonds. The number of anilines is 2. The van der Waals surface area contributed by atoms with Crippen LogP contribution in [0.5, 0.6) is 0 Å². The van der Waals surface area contributed by atoms with Gasteiger partial charge in [0.25, 0.3) is 0 Å². The van der Waals surface area contributed by atoms with E-state index in [2.05, 4.69) is 73.5 Å². The van der Waals surface area contributed by atoms with Crippen LogP contribution in [0.15, 0.2) is 48.5 Å². The molecule has 0 radical (unpaired) electrons. The molecule has 1 fully saturated rings. The van der Waals surface area contributed by atoms with Crippen LogP contribution in [0.25, 0.3) is 6.08 Å². The average molecular weight is 379 g/mol. The van der Waals surface area contributed by atoms with Gasteiger partial charge in [0.05, 0.1) is 0 Å². The quantitative estimate of drug-likeness (QED) is 0.796. The van der Waals surface area contributed by atoms with Gasteiger partial charge in [-0.05, 0) is 42.3 Å². The van der Waals surface area contributed by atoms with E-state index >= 15 is 0 Å². The van der Waals surface area contributed by atoms with Gasteiger partial charge in [-0.2, -0.15) is 0 Å². The number of hydrogen-bond acceptors (Lipinski definition) is 3. The number of aryl methyl sites for hydroxylation is 1. The van der Waals surface area contributed by atoms with Gasteiger partial charge in [0, 0.05) is 36.0 Å². The average Bonchev–Trinajstić information content (AvgIpc) is 3.12. The van der Waals surface area contributed by atoms with Crippen LogP contribution < -0.4 is 10.2 Å². The zero-order valence-corrected chi connectivity index (χ0v) is 17.2. The molecule has 0 aromatic heterocycles. The van der Waals surface area contributed by atoms with Crippen molar-refractivity contribution in [2.75, 3.05) is 22.5 Å². The Morgan fingerprint density at radius 3 is 2.63 bits per heavy atom. The highest BCUT2D eigenvalue weighted by atomic mass is 32.2. The van der Waals surface area contributed by atoms with E-state index in [1.807, 2.05) is 23.9 Å². The van der Waals surface area contributed by atoms with Crippen LogP contribution in [0.2, 0.25) is 0 Å². The zero-order valence-electron chi connectivity index (χ0n) is 16.4. The first-order valence-electron chi connectivity index (χ1n) is 9.43. The molecule has 2 aromatic carbocycles. The monoisotopic (exact) mass is 378 g/mol. The number of carbonyl (C=O) groups is 1. The van der Waals surface area contributed by atoms with Gasteiger partial charge in [0.15, 0.2) is 0 Å². The molecular formula is C23H26N2OS. The summed E-state index contributed by atoms with van der Waals surface area (Å²) in [5.74, 6) is 1.10. The van der Waals surface area contributed by atoms with Gasteiger partial charge in [-0.15, -0.1) is 11.8 Å². The van der Waals surface area contributed by atoms with E-state index in [0.29, 0.717) is 0 Å². The summed E-state index contributed by atoms with van der Waals surface area (Å²) in [6.07, 6.45) is 4.61. The molecular weight excluding hydrogens is 352 g/mol. The van der Waals surface area contributed by atoms with E-state index in [1.54, 1.807) is 0 Å². The van der Waals surface area contributed by atoms with Gasteiger partial charge in [-0.1, -0.05) is 49.8 Å². The third-order valence-electron chi connectivity index (χ3n) is 5.78. The molecule has 1 atom stereocenters. The highest BCUT2D eigenvalue weighted by molar-refractivity contribution is 8.01. The summed E-state index contributed by atoms with van der Waals surface area (Å²) < 4.78 is 0. The predicted octanol–water partition coefficient (Wildman–Crippen LogP) is 5.21. The van der Waals surface area contributed by atoms with Crippen molar-refractivity contribution in [3.05, 3.63) is 65.2 Å². The fourth-order valence-corrected chi connectivity index (χ4v) is 5.93. The van der Waals surface area contributed by atoms with Crippen molar-refractivity contribution in [3.8, 4) is 0 Å². The molecule has 4 heteroatoms. The fourth-order valence-electron chi connectivity index (χ4n) is 4.37. The Hall–Kier alpha value is -2.20. The van der Waals surface area contributed by atoms with E-state index in [0.717, 1.165) is 23.5 Å². The molecule has 3 nitrogen and oxygen atoms in total. The first kappa shape index (κ1) is 18.2. The van der Waals surface area contributed by atoms with E-state index in [9.17, 15) is 4.79 Å². The molecule has 2 aromatic rings. The van der Waals surface area contributed by atoms with Crippen LogP contribution in [0.3, 0.4) is 0 Å². The first-order valence-corrected chi connectivity index (χ1v) is 10.4. The van der Waals surface area contributed by atoms with Crippen LogP contribution in [0.4, 0.5) is 11.4 Å². The van der Waals surface area contributed by atoms with Crippen LogP contribution in [-0.2, 0) is 10.2 Å². The SMILES string of the molecule is CC(=O)Nc1ccc(/C=C/C23SCCN2c2ccc(C)cc2C3(C)C)cc1. The summed E-state index contributed by atoms with van der Waals surface area (Å²) in [6, 6.07) is 14.9. The Balaban J connectivity index is 1.68. The van der Waals surface area contributed by atoms with Gasteiger partial charge in [0.2, 0.25) is 5.91 Å². The largest absolute Gasteiger partial charge is 0.352 e. The summed E-state index contributed by atoms with van der Waals surface area (Å²) in [6.45, 7) is 9.52. The lowest BCUT2D eigenvalue weighted by Gasteiger charge is -2.40. The van der Waals surface area contributed by atoms with Crippen molar-refractivity contribution < 1.29 is 4.79 Å².